The van der Waals surface area contributed by atoms with Gasteiger partial charge in [0, 0.05) is 20.0 Å². The molecule has 5 nitrogen and oxygen atoms in total. The van der Waals surface area contributed by atoms with Crippen molar-refractivity contribution in [2.45, 2.75) is 25.9 Å². The number of likely N-dealkylation sites (tertiary alicyclic amines) is 1. The number of rotatable bonds is 3. The van der Waals surface area contributed by atoms with Gasteiger partial charge in [-0.2, -0.15) is 0 Å². The van der Waals surface area contributed by atoms with Gasteiger partial charge in [0.1, 0.15) is 0 Å². The van der Waals surface area contributed by atoms with Gasteiger partial charge in [-0.05, 0) is 24.6 Å². The van der Waals surface area contributed by atoms with Crippen LogP contribution >= 0.6 is 23.2 Å². The van der Waals surface area contributed by atoms with Crippen LogP contribution in [0.15, 0.2) is 18.2 Å². The van der Waals surface area contributed by atoms with E-state index in [0.29, 0.717) is 23.1 Å². The van der Waals surface area contributed by atoms with Gasteiger partial charge >= 0.3 is 6.03 Å². The lowest BCUT2D eigenvalue weighted by molar-refractivity contribution is -0.120. The van der Waals surface area contributed by atoms with Gasteiger partial charge in [-0.25, -0.2) is 4.79 Å². The van der Waals surface area contributed by atoms with Gasteiger partial charge in [-0.3, -0.25) is 4.79 Å². The lowest BCUT2D eigenvalue weighted by Gasteiger charge is -2.39. The number of nitrogens with one attached hydrogen (secondary N) is 2. The van der Waals surface area contributed by atoms with E-state index in [9.17, 15) is 9.59 Å². The lowest BCUT2D eigenvalue weighted by Crippen LogP contribution is -2.62. The van der Waals surface area contributed by atoms with Crippen molar-refractivity contribution in [3.05, 3.63) is 33.8 Å². The number of benzene rings is 1. The molecule has 1 saturated heterocycles. The largest absolute Gasteiger partial charge is 0.350 e. The van der Waals surface area contributed by atoms with Crippen LogP contribution in [0.25, 0.3) is 0 Å². The molecule has 3 amide bonds. The van der Waals surface area contributed by atoms with Crippen molar-refractivity contribution >= 4 is 35.1 Å². The Morgan fingerprint density at radius 3 is 2.52 bits per heavy atom. The van der Waals surface area contributed by atoms with E-state index in [1.807, 2.05) is 13.0 Å². The molecule has 0 bridgehead atoms. The Kier molecular flexibility index (Phi) is 4.96. The molecular formula is C14H17Cl2N3O2. The Hall–Kier alpha value is -1.46. The third-order valence-corrected chi connectivity index (χ3v) is 4.10. The summed E-state index contributed by atoms with van der Waals surface area (Å²) in [6.45, 7) is 4.40. The second kappa shape index (κ2) is 6.54. The number of hydrogen-bond acceptors (Lipinski definition) is 2. The van der Waals surface area contributed by atoms with E-state index < -0.39 is 0 Å². The Balaban J connectivity index is 1.85. The smallest absolute Gasteiger partial charge is 0.318 e. The average molecular weight is 330 g/mol. The van der Waals surface area contributed by atoms with Crippen LogP contribution in [0.1, 0.15) is 25.5 Å². The molecule has 7 heteroatoms. The van der Waals surface area contributed by atoms with Crippen molar-refractivity contribution in [3.63, 3.8) is 0 Å². The maximum absolute atomic E-state index is 12.0. The molecule has 2 N–H and O–H groups in total. The summed E-state index contributed by atoms with van der Waals surface area (Å²) in [7, 11) is 0. The Labute approximate surface area is 133 Å². The highest BCUT2D eigenvalue weighted by molar-refractivity contribution is 6.42. The summed E-state index contributed by atoms with van der Waals surface area (Å²) in [5.41, 5.74) is 0.886. The maximum Gasteiger partial charge on any atom is 0.318 e. The quantitative estimate of drug-likeness (QED) is 0.895. The number of urea groups is 1. The molecule has 0 unspecified atom stereocenters. The standard InChI is InChI=1S/C14H17Cl2N3O2/c1-8(10-3-4-12(15)13(16)5-10)17-14(21)19-6-11(7-19)18-9(2)20/h3-5,8,11H,6-7H2,1-2H3,(H,17,21)(H,18,20)/t8-/m1/s1. The fourth-order valence-corrected chi connectivity index (χ4v) is 2.47. The van der Waals surface area contributed by atoms with Gasteiger partial charge in [0.05, 0.1) is 22.1 Å². The summed E-state index contributed by atoms with van der Waals surface area (Å²) >= 11 is 11.8. The molecule has 2 rings (SSSR count). The van der Waals surface area contributed by atoms with Gasteiger partial charge in [0.2, 0.25) is 5.91 Å². The molecule has 0 saturated carbocycles. The first-order valence-electron chi connectivity index (χ1n) is 6.64. The van der Waals surface area contributed by atoms with Gasteiger partial charge in [-0.1, -0.05) is 29.3 Å². The van der Waals surface area contributed by atoms with E-state index in [2.05, 4.69) is 10.6 Å². The summed E-state index contributed by atoms with van der Waals surface area (Å²) < 4.78 is 0. The van der Waals surface area contributed by atoms with E-state index in [4.69, 9.17) is 23.2 Å². The summed E-state index contributed by atoms with van der Waals surface area (Å²) in [5, 5.41) is 6.61. The minimum atomic E-state index is -0.174. The molecule has 0 aliphatic carbocycles. The monoisotopic (exact) mass is 329 g/mol. The van der Waals surface area contributed by atoms with Crippen molar-refractivity contribution in [2.24, 2.45) is 0 Å². The van der Waals surface area contributed by atoms with E-state index >= 15 is 0 Å². The molecule has 1 fully saturated rings. The highest BCUT2D eigenvalue weighted by Gasteiger charge is 2.31. The number of carbonyl (C=O) groups is 2. The van der Waals surface area contributed by atoms with Crippen LogP contribution in [0, 0.1) is 0 Å². The van der Waals surface area contributed by atoms with Crippen LogP contribution in [-0.4, -0.2) is 36.0 Å². The number of amides is 3. The van der Waals surface area contributed by atoms with E-state index in [1.54, 1.807) is 17.0 Å². The van der Waals surface area contributed by atoms with Gasteiger partial charge < -0.3 is 15.5 Å². The van der Waals surface area contributed by atoms with Crippen molar-refractivity contribution < 1.29 is 9.59 Å². The van der Waals surface area contributed by atoms with Gasteiger partial charge in [0.15, 0.2) is 0 Å². The molecule has 21 heavy (non-hydrogen) atoms. The van der Waals surface area contributed by atoms with Crippen LogP contribution in [0.4, 0.5) is 4.79 Å². The molecule has 1 atom stereocenters. The Bertz CT molecular complexity index is 559. The molecular weight excluding hydrogens is 313 g/mol. The molecule has 0 radical (unpaired) electrons. The third kappa shape index (κ3) is 4.02. The van der Waals surface area contributed by atoms with Crippen molar-refractivity contribution in [2.75, 3.05) is 13.1 Å². The molecule has 1 aromatic rings. The third-order valence-electron chi connectivity index (χ3n) is 3.36. The molecule has 0 spiro atoms. The zero-order chi connectivity index (χ0) is 15.6. The van der Waals surface area contributed by atoms with Crippen LogP contribution in [-0.2, 0) is 4.79 Å². The molecule has 1 aliphatic rings. The summed E-state index contributed by atoms with van der Waals surface area (Å²) in [6, 6.07) is 4.99. The fraction of sp³-hybridized carbons (Fsp3) is 0.429. The predicted octanol–water partition coefficient (Wildman–Crippen LogP) is 2.58. The minimum Gasteiger partial charge on any atom is -0.350 e. The van der Waals surface area contributed by atoms with E-state index in [-0.39, 0.29) is 24.0 Å². The highest BCUT2D eigenvalue weighted by atomic mass is 35.5. The Morgan fingerprint density at radius 2 is 1.95 bits per heavy atom. The first-order valence-corrected chi connectivity index (χ1v) is 7.40. The minimum absolute atomic E-state index is 0.0496. The topological polar surface area (TPSA) is 61.4 Å². The summed E-state index contributed by atoms with van der Waals surface area (Å²) in [6.07, 6.45) is 0. The average Bonchev–Trinajstić information content (AvgIpc) is 2.36. The first kappa shape index (κ1) is 15.9. The van der Waals surface area contributed by atoms with Crippen molar-refractivity contribution in [3.8, 4) is 0 Å². The maximum atomic E-state index is 12.0. The van der Waals surface area contributed by atoms with Crippen LogP contribution in [0.2, 0.25) is 10.0 Å². The fourth-order valence-electron chi connectivity index (χ4n) is 2.16. The number of halogens is 2. The molecule has 114 valence electrons. The van der Waals surface area contributed by atoms with E-state index in [1.165, 1.54) is 6.92 Å². The first-order chi connectivity index (χ1) is 9.86. The Morgan fingerprint density at radius 1 is 1.29 bits per heavy atom. The molecule has 1 aliphatic heterocycles. The van der Waals surface area contributed by atoms with E-state index in [0.717, 1.165) is 5.56 Å². The van der Waals surface area contributed by atoms with Crippen LogP contribution < -0.4 is 10.6 Å². The van der Waals surface area contributed by atoms with Gasteiger partial charge in [0.25, 0.3) is 0 Å². The number of carbonyl (C=O) groups excluding carboxylic acids is 2. The zero-order valence-electron chi connectivity index (χ0n) is 11.8. The SMILES string of the molecule is CC(=O)NC1CN(C(=O)N[C@H](C)c2ccc(Cl)c(Cl)c2)C1. The normalized spacial score (nSPS) is 16.1. The summed E-state index contributed by atoms with van der Waals surface area (Å²) in [5.74, 6) is -0.0794. The lowest BCUT2D eigenvalue weighted by atomic mass is 10.1. The molecule has 0 aromatic heterocycles. The van der Waals surface area contributed by atoms with Crippen molar-refractivity contribution in [1.82, 2.24) is 15.5 Å². The van der Waals surface area contributed by atoms with Crippen LogP contribution in [0.5, 0.6) is 0 Å². The zero-order valence-corrected chi connectivity index (χ0v) is 13.3. The molecule has 1 heterocycles. The number of nitrogens with zero attached hydrogens (tertiary/aromatic N) is 1. The molecule has 1 aromatic carbocycles. The van der Waals surface area contributed by atoms with Gasteiger partial charge in [-0.15, -0.1) is 0 Å². The second-order valence-corrected chi connectivity index (χ2v) is 5.96. The highest BCUT2D eigenvalue weighted by Crippen LogP contribution is 2.25. The predicted molar refractivity (Wildman–Crippen MR) is 82.6 cm³/mol. The second-order valence-electron chi connectivity index (χ2n) is 5.15. The van der Waals surface area contributed by atoms with Crippen LogP contribution in [0.3, 0.4) is 0 Å². The van der Waals surface area contributed by atoms with Crippen molar-refractivity contribution in [1.29, 1.82) is 0 Å². The number of hydrogen-bond donors (Lipinski definition) is 2. The summed E-state index contributed by atoms with van der Waals surface area (Å²) in [4.78, 5) is 24.6.